The highest BCUT2D eigenvalue weighted by Crippen LogP contribution is 2.25. The van der Waals surface area contributed by atoms with E-state index in [2.05, 4.69) is 33.9 Å². The van der Waals surface area contributed by atoms with Gasteiger partial charge in [-0.25, -0.2) is 0 Å². The normalized spacial score (nSPS) is 16.7. The van der Waals surface area contributed by atoms with E-state index in [4.69, 9.17) is 9.47 Å². The maximum absolute atomic E-state index is 12.3. The number of nitrogens with one attached hydrogen (secondary N) is 1. The predicted octanol–water partition coefficient (Wildman–Crippen LogP) is 3.32. The minimum absolute atomic E-state index is 0.0917. The molecule has 0 saturated carbocycles. The molecule has 0 spiro atoms. The minimum Gasteiger partial charge on any atom is -0.497 e. The quantitative estimate of drug-likeness (QED) is 0.697. The van der Waals surface area contributed by atoms with Crippen LogP contribution in [0.2, 0.25) is 0 Å². The van der Waals surface area contributed by atoms with Gasteiger partial charge in [0.2, 0.25) is 5.91 Å². The zero-order chi connectivity index (χ0) is 19.2. The number of benzene rings is 1. The van der Waals surface area contributed by atoms with Gasteiger partial charge < -0.3 is 19.4 Å². The second kappa shape index (κ2) is 9.23. The number of hydrogen-bond donors (Lipinski definition) is 1. The van der Waals surface area contributed by atoms with Gasteiger partial charge in [0.1, 0.15) is 11.6 Å². The molecule has 1 fully saturated rings. The van der Waals surface area contributed by atoms with Gasteiger partial charge in [-0.15, -0.1) is 10.2 Å². The largest absolute Gasteiger partial charge is 0.497 e. The molecule has 1 saturated heterocycles. The van der Waals surface area contributed by atoms with Crippen molar-refractivity contribution in [1.82, 2.24) is 14.8 Å². The fraction of sp³-hybridized carbons (Fsp3) is 0.526. The summed E-state index contributed by atoms with van der Waals surface area (Å²) in [7, 11) is 1.60. The molecule has 1 amide bonds. The summed E-state index contributed by atoms with van der Waals surface area (Å²) in [5.41, 5.74) is 0.712. The molecule has 1 N–H and O–H groups in total. The number of ether oxygens (including phenoxy) is 2. The Kier molecular flexibility index (Phi) is 6.73. The summed E-state index contributed by atoms with van der Waals surface area (Å²) in [4.78, 5) is 12.3. The van der Waals surface area contributed by atoms with E-state index in [1.807, 2.05) is 18.2 Å². The van der Waals surface area contributed by atoms with E-state index in [9.17, 15) is 4.79 Å². The Bertz CT molecular complexity index is 772. The molecule has 1 unspecified atom stereocenters. The third kappa shape index (κ3) is 5.23. The van der Waals surface area contributed by atoms with Crippen molar-refractivity contribution < 1.29 is 14.3 Å². The molecule has 0 radical (unpaired) electrons. The number of methoxy groups -OCH3 is 1. The van der Waals surface area contributed by atoms with Crippen LogP contribution in [0, 0.1) is 0 Å². The summed E-state index contributed by atoms with van der Waals surface area (Å²) >= 11 is 1.40. The Balaban J connectivity index is 1.63. The summed E-state index contributed by atoms with van der Waals surface area (Å²) in [5, 5.41) is 12.3. The van der Waals surface area contributed by atoms with Crippen LogP contribution in [0.1, 0.15) is 38.4 Å². The molecular formula is C19H26N4O3S. The first kappa shape index (κ1) is 19.7. The van der Waals surface area contributed by atoms with E-state index in [-0.39, 0.29) is 23.7 Å². The van der Waals surface area contributed by atoms with Gasteiger partial charge in [0.15, 0.2) is 5.16 Å². The first-order valence-corrected chi connectivity index (χ1v) is 10.2. The van der Waals surface area contributed by atoms with Crippen molar-refractivity contribution in [1.29, 1.82) is 0 Å². The first-order chi connectivity index (χ1) is 13.1. The smallest absolute Gasteiger partial charge is 0.234 e. The van der Waals surface area contributed by atoms with Gasteiger partial charge in [0.25, 0.3) is 0 Å². The highest BCUT2D eigenvalue weighted by atomic mass is 32.2. The van der Waals surface area contributed by atoms with Crippen LogP contribution in [0.5, 0.6) is 5.75 Å². The Labute approximate surface area is 163 Å². The molecule has 1 atom stereocenters. The first-order valence-electron chi connectivity index (χ1n) is 9.18. The minimum atomic E-state index is -0.0917. The molecule has 146 valence electrons. The number of thioether (sulfide) groups is 1. The highest BCUT2D eigenvalue weighted by molar-refractivity contribution is 7.99. The number of aromatic nitrogens is 3. The lowest BCUT2D eigenvalue weighted by Gasteiger charge is -2.16. The molecule has 0 bridgehead atoms. The molecule has 1 aromatic carbocycles. The summed E-state index contributed by atoms with van der Waals surface area (Å²) in [6, 6.07) is 7.31. The monoisotopic (exact) mass is 390 g/mol. The maximum atomic E-state index is 12.3. The van der Waals surface area contributed by atoms with Crippen LogP contribution in [-0.4, -0.2) is 46.2 Å². The lowest BCUT2D eigenvalue weighted by Crippen LogP contribution is -2.19. The standard InChI is InChI=1S/C19H26N4O3S/c1-13(2)18-21-22-19(23(18)11-16-8-5-9-26-16)27-12-17(24)20-14-6-4-7-15(10-14)25-3/h4,6-7,10,13,16H,5,8-9,11-12H2,1-3H3,(H,20,24). The van der Waals surface area contributed by atoms with Crippen LogP contribution in [0.25, 0.3) is 0 Å². The van der Waals surface area contributed by atoms with Gasteiger partial charge in [-0.1, -0.05) is 31.7 Å². The average molecular weight is 391 g/mol. The van der Waals surface area contributed by atoms with Crippen LogP contribution in [-0.2, 0) is 16.1 Å². The summed E-state index contributed by atoms with van der Waals surface area (Å²) < 4.78 is 13.0. The molecule has 27 heavy (non-hydrogen) atoms. The van der Waals surface area contributed by atoms with Gasteiger partial charge in [-0.2, -0.15) is 0 Å². The SMILES string of the molecule is COc1cccc(NC(=O)CSc2nnc(C(C)C)n2CC2CCCO2)c1. The summed E-state index contributed by atoms with van der Waals surface area (Å²) in [6.07, 6.45) is 2.34. The van der Waals surface area contributed by atoms with Gasteiger partial charge in [0, 0.05) is 24.3 Å². The number of nitrogens with zero attached hydrogens (tertiary/aromatic N) is 3. The van der Waals surface area contributed by atoms with Crippen LogP contribution in [0.4, 0.5) is 5.69 Å². The fourth-order valence-corrected chi connectivity index (χ4v) is 3.78. The third-order valence-corrected chi connectivity index (χ3v) is 5.32. The summed E-state index contributed by atoms with van der Waals surface area (Å²) in [6.45, 7) is 5.75. The molecule has 1 aromatic heterocycles. The van der Waals surface area contributed by atoms with Crippen LogP contribution >= 0.6 is 11.8 Å². The Hall–Kier alpha value is -2.06. The molecular weight excluding hydrogens is 364 g/mol. The van der Waals surface area contributed by atoms with Crippen molar-refractivity contribution in [3.8, 4) is 5.75 Å². The Morgan fingerprint density at radius 1 is 1.44 bits per heavy atom. The number of rotatable bonds is 8. The molecule has 7 nitrogen and oxygen atoms in total. The number of hydrogen-bond acceptors (Lipinski definition) is 6. The third-order valence-electron chi connectivity index (χ3n) is 4.36. The Morgan fingerprint density at radius 3 is 3.00 bits per heavy atom. The molecule has 2 heterocycles. The van der Waals surface area contributed by atoms with Crippen molar-refractivity contribution in [2.45, 2.75) is 50.4 Å². The van der Waals surface area contributed by atoms with Gasteiger partial charge in [0.05, 0.1) is 25.5 Å². The molecule has 3 rings (SSSR count). The second-order valence-corrected chi connectivity index (χ2v) is 7.75. The second-order valence-electron chi connectivity index (χ2n) is 6.81. The van der Waals surface area contributed by atoms with Crippen molar-refractivity contribution in [2.24, 2.45) is 0 Å². The van der Waals surface area contributed by atoms with Gasteiger partial charge >= 0.3 is 0 Å². The number of carbonyl (C=O) groups is 1. The number of amides is 1. The Morgan fingerprint density at radius 2 is 2.30 bits per heavy atom. The topological polar surface area (TPSA) is 78.3 Å². The van der Waals surface area contributed by atoms with E-state index in [1.54, 1.807) is 13.2 Å². The lowest BCUT2D eigenvalue weighted by atomic mass is 10.2. The fourth-order valence-electron chi connectivity index (χ4n) is 3.03. The molecule has 2 aromatic rings. The summed E-state index contributed by atoms with van der Waals surface area (Å²) in [5.74, 6) is 2.07. The van der Waals surface area contributed by atoms with Crippen molar-refractivity contribution in [3.05, 3.63) is 30.1 Å². The zero-order valence-electron chi connectivity index (χ0n) is 16.0. The highest BCUT2D eigenvalue weighted by Gasteiger charge is 2.22. The zero-order valence-corrected chi connectivity index (χ0v) is 16.8. The van der Waals surface area contributed by atoms with Crippen molar-refractivity contribution in [3.63, 3.8) is 0 Å². The van der Waals surface area contributed by atoms with E-state index in [0.717, 1.165) is 37.0 Å². The van der Waals surface area contributed by atoms with E-state index < -0.39 is 0 Å². The van der Waals surface area contributed by atoms with Crippen molar-refractivity contribution in [2.75, 3.05) is 24.8 Å². The van der Waals surface area contributed by atoms with E-state index in [1.165, 1.54) is 11.8 Å². The van der Waals surface area contributed by atoms with Crippen LogP contribution in [0.15, 0.2) is 29.4 Å². The lowest BCUT2D eigenvalue weighted by molar-refractivity contribution is -0.113. The average Bonchev–Trinajstić information content (AvgIpc) is 3.30. The molecule has 1 aliphatic heterocycles. The molecule has 0 aliphatic carbocycles. The van der Waals surface area contributed by atoms with Gasteiger partial charge in [-0.05, 0) is 25.0 Å². The molecule has 8 heteroatoms. The van der Waals surface area contributed by atoms with Gasteiger partial charge in [-0.3, -0.25) is 4.79 Å². The van der Waals surface area contributed by atoms with E-state index in [0.29, 0.717) is 11.4 Å². The van der Waals surface area contributed by atoms with E-state index >= 15 is 0 Å². The number of carbonyl (C=O) groups excluding carboxylic acids is 1. The maximum Gasteiger partial charge on any atom is 0.234 e. The predicted molar refractivity (Wildman–Crippen MR) is 105 cm³/mol. The van der Waals surface area contributed by atoms with Crippen LogP contribution < -0.4 is 10.1 Å². The number of anilines is 1. The van der Waals surface area contributed by atoms with Crippen molar-refractivity contribution >= 4 is 23.4 Å². The van der Waals surface area contributed by atoms with Crippen LogP contribution in [0.3, 0.4) is 0 Å². The molecule has 1 aliphatic rings.